The van der Waals surface area contributed by atoms with Crippen molar-refractivity contribution < 1.29 is 18.3 Å². The van der Waals surface area contributed by atoms with Crippen molar-refractivity contribution in [1.29, 1.82) is 0 Å². The van der Waals surface area contributed by atoms with E-state index in [0.717, 1.165) is 12.1 Å². The maximum absolute atomic E-state index is 13.9. The first kappa shape index (κ1) is 21.7. The second kappa shape index (κ2) is 8.19. The molecule has 0 spiro atoms. The standard InChI is InChI=1S/C22H16BrF2N3O4/c1-26-20(29)11-4-6-14-16(7-11)28-18(27(2)21(14)30)9-17(19(23)22(28)31)32-10-12-3-5-13(24)8-15(12)25/h3-9H,10H2,1-2H3,(H,26,29). The molecule has 0 aliphatic carbocycles. The summed E-state index contributed by atoms with van der Waals surface area (Å²) in [7, 11) is 2.98. The molecular weight excluding hydrogens is 488 g/mol. The number of carbonyl (C=O) groups is 1. The summed E-state index contributed by atoms with van der Waals surface area (Å²) in [6.45, 7) is -0.261. The predicted molar refractivity (Wildman–Crippen MR) is 118 cm³/mol. The molecule has 0 aliphatic rings. The maximum Gasteiger partial charge on any atom is 0.274 e. The fourth-order valence-corrected chi connectivity index (χ4v) is 3.81. The molecule has 0 fully saturated rings. The van der Waals surface area contributed by atoms with E-state index in [9.17, 15) is 23.2 Å². The summed E-state index contributed by atoms with van der Waals surface area (Å²) in [5.41, 5.74) is -0.0661. The zero-order valence-corrected chi connectivity index (χ0v) is 18.5. The van der Waals surface area contributed by atoms with E-state index in [2.05, 4.69) is 21.2 Å². The molecule has 0 bridgehead atoms. The van der Waals surface area contributed by atoms with E-state index in [-0.39, 0.29) is 56.0 Å². The van der Waals surface area contributed by atoms with E-state index in [0.29, 0.717) is 0 Å². The van der Waals surface area contributed by atoms with E-state index < -0.39 is 17.2 Å². The number of hydrogen-bond donors (Lipinski definition) is 1. The smallest absolute Gasteiger partial charge is 0.274 e. The highest BCUT2D eigenvalue weighted by Crippen LogP contribution is 2.26. The molecule has 0 atom stereocenters. The zero-order valence-electron chi connectivity index (χ0n) is 16.9. The van der Waals surface area contributed by atoms with Crippen LogP contribution in [0.1, 0.15) is 15.9 Å². The van der Waals surface area contributed by atoms with Gasteiger partial charge in [0.15, 0.2) is 0 Å². The lowest BCUT2D eigenvalue weighted by atomic mass is 10.1. The molecule has 4 rings (SSSR count). The summed E-state index contributed by atoms with van der Waals surface area (Å²) in [6, 6.07) is 9.00. The van der Waals surface area contributed by atoms with E-state index in [4.69, 9.17) is 4.74 Å². The van der Waals surface area contributed by atoms with Crippen molar-refractivity contribution in [3.63, 3.8) is 0 Å². The molecular formula is C22H16BrF2N3O4. The second-order valence-electron chi connectivity index (χ2n) is 7.02. The quantitative estimate of drug-likeness (QED) is 0.434. The van der Waals surface area contributed by atoms with Gasteiger partial charge in [-0.1, -0.05) is 0 Å². The normalized spacial score (nSPS) is 11.2. The van der Waals surface area contributed by atoms with Crippen LogP contribution in [0.4, 0.5) is 8.78 Å². The largest absolute Gasteiger partial charge is 0.487 e. The molecule has 2 heterocycles. The Kier molecular flexibility index (Phi) is 5.55. The van der Waals surface area contributed by atoms with Crippen LogP contribution >= 0.6 is 15.9 Å². The number of pyridine rings is 1. The van der Waals surface area contributed by atoms with Crippen LogP contribution < -0.4 is 21.2 Å². The maximum atomic E-state index is 13.9. The summed E-state index contributed by atoms with van der Waals surface area (Å²) >= 11 is 3.22. The molecule has 0 unspecified atom stereocenters. The van der Waals surface area contributed by atoms with Gasteiger partial charge in [0.1, 0.15) is 34.1 Å². The van der Waals surface area contributed by atoms with E-state index in [1.165, 1.54) is 53.4 Å². The lowest BCUT2D eigenvalue weighted by molar-refractivity contribution is 0.0963. The van der Waals surface area contributed by atoms with Crippen molar-refractivity contribution in [3.8, 4) is 5.75 Å². The Bertz CT molecular complexity index is 1530. The number of carbonyl (C=O) groups excluding carboxylic acids is 1. The summed E-state index contributed by atoms with van der Waals surface area (Å²) in [5.74, 6) is -1.78. The number of ether oxygens (including phenoxy) is 1. The van der Waals surface area contributed by atoms with Crippen LogP contribution in [0, 0.1) is 11.6 Å². The molecule has 1 N–H and O–H groups in total. The fraction of sp³-hybridized carbons (Fsp3) is 0.136. The number of fused-ring (bicyclic) bond motifs is 3. The third-order valence-electron chi connectivity index (χ3n) is 5.10. The minimum absolute atomic E-state index is 0.0443. The number of amides is 1. The summed E-state index contributed by atoms with van der Waals surface area (Å²) < 4.78 is 35.3. The minimum Gasteiger partial charge on any atom is -0.487 e. The molecule has 10 heteroatoms. The van der Waals surface area contributed by atoms with Crippen LogP contribution in [-0.4, -0.2) is 21.9 Å². The van der Waals surface area contributed by atoms with Crippen LogP contribution in [0.15, 0.2) is 56.5 Å². The van der Waals surface area contributed by atoms with Gasteiger partial charge in [0.05, 0.1) is 10.9 Å². The second-order valence-corrected chi connectivity index (χ2v) is 7.81. The molecule has 2 aromatic carbocycles. The molecule has 1 amide bonds. The number of aryl methyl sites for hydroxylation is 1. The van der Waals surface area contributed by atoms with Crippen molar-refractivity contribution in [2.45, 2.75) is 6.61 Å². The summed E-state index contributed by atoms with van der Waals surface area (Å²) in [6.07, 6.45) is 0. The van der Waals surface area contributed by atoms with E-state index in [1.807, 2.05) is 0 Å². The first-order valence-electron chi connectivity index (χ1n) is 9.39. The topological polar surface area (TPSA) is 81.8 Å². The highest BCUT2D eigenvalue weighted by atomic mass is 79.9. The minimum atomic E-state index is -0.779. The summed E-state index contributed by atoms with van der Waals surface area (Å²) in [5, 5.41) is 2.76. The number of aromatic nitrogens is 2. The van der Waals surface area contributed by atoms with Crippen molar-refractivity contribution in [1.82, 2.24) is 14.3 Å². The lowest BCUT2D eigenvalue weighted by Gasteiger charge is -2.15. The molecule has 164 valence electrons. The molecule has 32 heavy (non-hydrogen) atoms. The van der Waals surface area contributed by atoms with Crippen molar-refractivity contribution >= 4 is 38.4 Å². The number of halogens is 3. The Hall–Kier alpha value is -3.53. The number of rotatable bonds is 4. The van der Waals surface area contributed by atoms with Gasteiger partial charge in [0.25, 0.3) is 17.0 Å². The van der Waals surface area contributed by atoms with Crippen molar-refractivity contribution in [3.05, 3.63) is 90.4 Å². The molecule has 0 aliphatic heterocycles. The van der Waals surface area contributed by atoms with Crippen molar-refractivity contribution in [2.24, 2.45) is 7.05 Å². The Morgan fingerprint density at radius 3 is 2.53 bits per heavy atom. The zero-order chi connectivity index (χ0) is 23.2. The molecule has 0 radical (unpaired) electrons. The number of nitrogens with one attached hydrogen (secondary N) is 1. The van der Waals surface area contributed by atoms with Gasteiger partial charge in [-0.15, -0.1) is 0 Å². The van der Waals surface area contributed by atoms with Gasteiger partial charge >= 0.3 is 0 Å². The number of nitrogens with zero attached hydrogens (tertiary/aromatic N) is 2. The van der Waals surface area contributed by atoms with Crippen LogP contribution in [0.3, 0.4) is 0 Å². The van der Waals surface area contributed by atoms with Gasteiger partial charge in [-0.3, -0.25) is 23.4 Å². The highest BCUT2D eigenvalue weighted by Gasteiger charge is 2.18. The van der Waals surface area contributed by atoms with Gasteiger partial charge in [-0.05, 0) is 46.3 Å². The average molecular weight is 504 g/mol. The number of benzene rings is 2. The Labute approximate surface area is 188 Å². The Balaban J connectivity index is 1.91. The third-order valence-corrected chi connectivity index (χ3v) is 5.83. The first-order valence-corrected chi connectivity index (χ1v) is 10.2. The van der Waals surface area contributed by atoms with Crippen LogP contribution in [0.25, 0.3) is 16.6 Å². The van der Waals surface area contributed by atoms with Crippen LogP contribution in [-0.2, 0) is 13.7 Å². The fourth-order valence-electron chi connectivity index (χ4n) is 3.40. The Morgan fingerprint density at radius 2 is 1.84 bits per heavy atom. The van der Waals surface area contributed by atoms with Gasteiger partial charge < -0.3 is 10.1 Å². The van der Waals surface area contributed by atoms with E-state index >= 15 is 0 Å². The summed E-state index contributed by atoms with van der Waals surface area (Å²) in [4.78, 5) is 38.1. The third kappa shape index (κ3) is 3.56. The molecule has 4 aromatic rings. The van der Waals surface area contributed by atoms with Gasteiger partial charge in [-0.25, -0.2) is 8.78 Å². The van der Waals surface area contributed by atoms with Crippen LogP contribution in [0.2, 0.25) is 0 Å². The first-order chi connectivity index (χ1) is 15.2. The average Bonchev–Trinajstić information content (AvgIpc) is 2.78. The van der Waals surface area contributed by atoms with Crippen LogP contribution in [0.5, 0.6) is 5.75 Å². The van der Waals surface area contributed by atoms with E-state index in [1.54, 1.807) is 0 Å². The number of hydrogen-bond acceptors (Lipinski definition) is 4. The van der Waals surface area contributed by atoms with Crippen molar-refractivity contribution in [2.75, 3.05) is 7.05 Å². The molecule has 7 nitrogen and oxygen atoms in total. The van der Waals surface area contributed by atoms with Gasteiger partial charge in [-0.2, -0.15) is 0 Å². The molecule has 2 aromatic heterocycles. The SMILES string of the molecule is CNC(=O)c1ccc2c(=O)n(C)c3cc(OCc4ccc(F)cc4F)c(Br)c(=O)n3c2c1. The lowest BCUT2D eigenvalue weighted by Crippen LogP contribution is -2.27. The highest BCUT2D eigenvalue weighted by molar-refractivity contribution is 9.10. The van der Waals surface area contributed by atoms with Gasteiger partial charge in [0, 0.05) is 37.4 Å². The predicted octanol–water partition coefficient (Wildman–Crippen LogP) is 3.13. The van der Waals surface area contributed by atoms with Gasteiger partial charge in [0.2, 0.25) is 0 Å². The Morgan fingerprint density at radius 1 is 1.09 bits per heavy atom. The molecule has 0 saturated carbocycles. The monoisotopic (exact) mass is 503 g/mol. The molecule has 0 saturated heterocycles.